The number of fused-ring (bicyclic) bond motifs is 1. The third-order valence-electron chi connectivity index (χ3n) is 5.34. The molecule has 0 spiro atoms. The molecule has 2 fully saturated rings. The van der Waals surface area contributed by atoms with Gasteiger partial charge in [0.2, 0.25) is 11.8 Å². The number of nitrogens with zero attached hydrogens (tertiary/aromatic N) is 2. The summed E-state index contributed by atoms with van der Waals surface area (Å²) in [6.07, 6.45) is 3.70. The fraction of sp³-hybridized carbons (Fsp3) is 0.381. The van der Waals surface area contributed by atoms with Crippen LogP contribution in [-0.4, -0.2) is 40.0 Å². The molecule has 1 aromatic heterocycles. The lowest BCUT2D eigenvalue weighted by Crippen LogP contribution is -2.50. The number of pyridine rings is 1. The van der Waals surface area contributed by atoms with Gasteiger partial charge in [0.1, 0.15) is 10.9 Å². The summed E-state index contributed by atoms with van der Waals surface area (Å²) in [7, 11) is 0. The van der Waals surface area contributed by atoms with Crippen LogP contribution in [0.4, 0.5) is 0 Å². The molecular weight excluding hydrogens is 358 g/mol. The van der Waals surface area contributed by atoms with E-state index in [1.54, 1.807) is 18.0 Å². The summed E-state index contributed by atoms with van der Waals surface area (Å²) in [5, 5.41) is 3.00. The first-order valence-corrected chi connectivity index (χ1v) is 10.3. The molecule has 2 atom stereocenters. The summed E-state index contributed by atoms with van der Waals surface area (Å²) in [5.41, 5.74) is 3.26. The number of thioether (sulfide) groups is 1. The van der Waals surface area contributed by atoms with Crippen LogP contribution in [-0.2, 0) is 20.9 Å². The van der Waals surface area contributed by atoms with Crippen LogP contribution in [0.3, 0.4) is 0 Å². The number of nitrogens with one attached hydrogen (secondary N) is 1. The van der Waals surface area contributed by atoms with E-state index in [2.05, 4.69) is 41.5 Å². The Kier molecular flexibility index (Phi) is 4.91. The lowest BCUT2D eigenvalue weighted by molar-refractivity contribution is -0.138. The molecule has 140 valence electrons. The highest BCUT2D eigenvalue weighted by atomic mass is 32.2. The molecule has 1 N–H and O–H groups in total. The van der Waals surface area contributed by atoms with Gasteiger partial charge in [-0.25, -0.2) is 0 Å². The highest BCUT2D eigenvalue weighted by Gasteiger charge is 2.56. The van der Waals surface area contributed by atoms with Gasteiger partial charge in [0.05, 0.1) is 0 Å². The number of benzene rings is 1. The molecule has 0 aliphatic carbocycles. The largest absolute Gasteiger partial charge is 0.354 e. The van der Waals surface area contributed by atoms with Gasteiger partial charge in [0.15, 0.2) is 0 Å². The Bertz CT molecular complexity index is 840. The molecule has 5 nitrogen and oxygen atoms in total. The summed E-state index contributed by atoms with van der Waals surface area (Å²) in [6.45, 7) is 2.58. The second-order valence-electron chi connectivity index (χ2n) is 7.10. The second-order valence-corrected chi connectivity index (χ2v) is 8.40. The van der Waals surface area contributed by atoms with E-state index in [0.717, 1.165) is 17.7 Å². The summed E-state index contributed by atoms with van der Waals surface area (Å²) < 4.78 is 0. The molecule has 0 saturated carbocycles. The van der Waals surface area contributed by atoms with Crippen LogP contribution in [0.1, 0.15) is 29.7 Å². The van der Waals surface area contributed by atoms with E-state index in [9.17, 15) is 9.59 Å². The van der Waals surface area contributed by atoms with Crippen molar-refractivity contribution in [2.24, 2.45) is 0 Å². The molecule has 3 heterocycles. The number of amides is 2. The smallest absolute Gasteiger partial charge is 0.243 e. The number of hydrogen-bond acceptors (Lipinski definition) is 4. The first-order chi connectivity index (χ1) is 13.1. The van der Waals surface area contributed by atoms with Crippen molar-refractivity contribution in [3.8, 4) is 0 Å². The third kappa shape index (κ3) is 3.34. The van der Waals surface area contributed by atoms with Crippen LogP contribution >= 0.6 is 11.8 Å². The van der Waals surface area contributed by atoms with Crippen molar-refractivity contribution in [1.82, 2.24) is 15.2 Å². The Labute approximate surface area is 163 Å². The van der Waals surface area contributed by atoms with Crippen LogP contribution in [0, 0.1) is 6.92 Å². The molecular formula is C21H23N3O2S. The van der Waals surface area contributed by atoms with E-state index in [1.807, 2.05) is 23.1 Å². The normalized spacial score (nSPS) is 24.1. The quantitative estimate of drug-likeness (QED) is 0.865. The highest BCUT2D eigenvalue weighted by molar-refractivity contribution is 8.00. The third-order valence-corrected chi connectivity index (χ3v) is 6.94. The van der Waals surface area contributed by atoms with Crippen LogP contribution in [0.25, 0.3) is 0 Å². The van der Waals surface area contributed by atoms with Gasteiger partial charge in [-0.15, -0.1) is 11.8 Å². The van der Waals surface area contributed by atoms with Crippen molar-refractivity contribution in [2.45, 2.75) is 37.1 Å². The topological polar surface area (TPSA) is 62.3 Å². The zero-order chi connectivity index (χ0) is 18.9. The van der Waals surface area contributed by atoms with Gasteiger partial charge in [-0.1, -0.05) is 35.9 Å². The van der Waals surface area contributed by atoms with Crippen LogP contribution in [0.5, 0.6) is 0 Å². The Morgan fingerprint density at radius 3 is 2.85 bits per heavy atom. The molecule has 2 aromatic rings. The van der Waals surface area contributed by atoms with Gasteiger partial charge in [-0.2, -0.15) is 0 Å². The first-order valence-electron chi connectivity index (χ1n) is 9.31. The standard InChI is InChI=1S/C21H23N3O2S/c1-15-5-7-16(8-6-15)21-11-9-19(25)24(21)18(14-27-21)20(26)23-13-10-17-4-2-3-12-22-17/h2-8,12,18H,9-11,13-14H2,1H3,(H,23,26)/t18-,21-/m1/s1. The lowest BCUT2D eigenvalue weighted by Gasteiger charge is -2.34. The van der Waals surface area contributed by atoms with Crippen molar-refractivity contribution < 1.29 is 9.59 Å². The molecule has 2 saturated heterocycles. The number of carbonyl (C=O) groups is 2. The fourth-order valence-electron chi connectivity index (χ4n) is 3.93. The molecule has 2 aliphatic rings. The van der Waals surface area contributed by atoms with Crippen LogP contribution < -0.4 is 5.32 Å². The molecule has 6 heteroatoms. The number of carbonyl (C=O) groups excluding carboxylic acids is 2. The van der Waals surface area contributed by atoms with Crippen molar-refractivity contribution in [3.05, 3.63) is 65.5 Å². The zero-order valence-electron chi connectivity index (χ0n) is 15.4. The Morgan fingerprint density at radius 1 is 1.30 bits per heavy atom. The number of aromatic nitrogens is 1. The van der Waals surface area contributed by atoms with E-state index < -0.39 is 10.9 Å². The van der Waals surface area contributed by atoms with Crippen molar-refractivity contribution in [2.75, 3.05) is 12.3 Å². The monoisotopic (exact) mass is 381 g/mol. The molecule has 4 rings (SSSR count). The zero-order valence-corrected chi connectivity index (χ0v) is 16.2. The SMILES string of the molecule is Cc1ccc([C@]23CCC(=O)N2[C@@H](C(=O)NCCc2ccccn2)CS3)cc1. The Balaban J connectivity index is 1.47. The van der Waals surface area contributed by atoms with E-state index in [-0.39, 0.29) is 11.8 Å². The summed E-state index contributed by atoms with van der Waals surface area (Å²) in [6, 6.07) is 13.7. The van der Waals surface area contributed by atoms with Crippen LogP contribution in [0.15, 0.2) is 48.7 Å². The van der Waals surface area contributed by atoms with Gasteiger partial charge in [0, 0.05) is 37.0 Å². The van der Waals surface area contributed by atoms with E-state index in [1.165, 1.54) is 5.56 Å². The highest BCUT2D eigenvalue weighted by Crippen LogP contribution is 2.54. The van der Waals surface area contributed by atoms with Gasteiger partial charge in [-0.3, -0.25) is 14.6 Å². The minimum atomic E-state index is -0.407. The maximum Gasteiger partial charge on any atom is 0.243 e. The maximum atomic E-state index is 12.8. The van der Waals surface area contributed by atoms with Gasteiger partial charge in [0.25, 0.3) is 0 Å². The molecule has 2 amide bonds. The summed E-state index contributed by atoms with van der Waals surface area (Å²) in [5.74, 6) is 0.641. The van der Waals surface area contributed by atoms with Crippen molar-refractivity contribution >= 4 is 23.6 Å². The van der Waals surface area contributed by atoms with Crippen LogP contribution in [0.2, 0.25) is 0 Å². The van der Waals surface area contributed by atoms with E-state index in [4.69, 9.17) is 0 Å². The summed E-state index contributed by atoms with van der Waals surface area (Å²) >= 11 is 1.72. The summed E-state index contributed by atoms with van der Waals surface area (Å²) in [4.78, 5) is 31.2. The molecule has 1 aromatic carbocycles. The number of rotatable bonds is 5. The fourth-order valence-corrected chi connectivity index (χ4v) is 5.58. The Morgan fingerprint density at radius 2 is 2.11 bits per heavy atom. The molecule has 0 radical (unpaired) electrons. The number of hydrogen-bond donors (Lipinski definition) is 1. The van der Waals surface area contributed by atoms with E-state index >= 15 is 0 Å². The molecule has 0 bridgehead atoms. The van der Waals surface area contributed by atoms with Crippen molar-refractivity contribution in [3.63, 3.8) is 0 Å². The van der Waals surface area contributed by atoms with Crippen molar-refractivity contribution in [1.29, 1.82) is 0 Å². The minimum absolute atomic E-state index is 0.0670. The second kappa shape index (κ2) is 7.35. The predicted octanol–water partition coefficient (Wildman–Crippen LogP) is 2.64. The first kappa shape index (κ1) is 18.0. The van der Waals surface area contributed by atoms with Gasteiger partial charge < -0.3 is 10.2 Å². The number of aryl methyl sites for hydroxylation is 1. The molecule has 27 heavy (non-hydrogen) atoms. The predicted molar refractivity (Wildman–Crippen MR) is 106 cm³/mol. The minimum Gasteiger partial charge on any atom is -0.354 e. The van der Waals surface area contributed by atoms with Gasteiger partial charge >= 0.3 is 0 Å². The maximum absolute atomic E-state index is 12.8. The lowest BCUT2D eigenvalue weighted by atomic mass is 10.0. The van der Waals surface area contributed by atoms with Gasteiger partial charge in [-0.05, 0) is 31.0 Å². The molecule has 0 unspecified atom stereocenters. The Hall–Kier alpha value is -2.34. The van der Waals surface area contributed by atoms with E-state index in [0.29, 0.717) is 25.1 Å². The molecule has 2 aliphatic heterocycles. The average Bonchev–Trinajstić information content (AvgIpc) is 3.22. The average molecular weight is 382 g/mol.